The Bertz CT molecular complexity index is 953. The van der Waals surface area contributed by atoms with Crippen molar-refractivity contribution >= 4 is 46.0 Å². The predicted octanol–water partition coefficient (Wildman–Crippen LogP) is 2.50. The van der Waals surface area contributed by atoms with Crippen LogP contribution in [-0.4, -0.2) is 41.6 Å². The van der Waals surface area contributed by atoms with Crippen LogP contribution in [0.5, 0.6) is 0 Å². The van der Waals surface area contributed by atoms with Crippen molar-refractivity contribution < 1.29 is 9.21 Å². The number of primary amides is 1. The van der Waals surface area contributed by atoms with Gasteiger partial charge < -0.3 is 20.4 Å². The van der Waals surface area contributed by atoms with Crippen LogP contribution in [0.4, 0.5) is 6.01 Å². The van der Waals surface area contributed by atoms with Crippen molar-refractivity contribution in [3.05, 3.63) is 28.2 Å². The number of nitrogens with two attached hydrogens (primary N) is 1. The topological polar surface area (TPSA) is 97.3 Å². The number of nitrogens with zero attached hydrogens (tertiary/aromatic N) is 3. The fourth-order valence-corrected chi connectivity index (χ4v) is 3.90. The van der Waals surface area contributed by atoms with Crippen LogP contribution >= 0.6 is 22.9 Å². The van der Waals surface area contributed by atoms with Crippen LogP contribution in [-0.2, 0) is 0 Å². The predicted molar refractivity (Wildman–Crippen MR) is 98.3 cm³/mol. The molecule has 0 spiro atoms. The third-order valence-electron chi connectivity index (χ3n) is 4.17. The minimum Gasteiger partial charge on any atom is -0.423 e. The highest BCUT2D eigenvalue weighted by Gasteiger charge is 2.24. The third kappa shape index (κ3) is 2.97. The summed E-state index contributed by atoms with van der Waals surface area (Å²) in [5, 5.41) is 4.50. The Morgan fingerprint density at radius 1 is 1.52 bits per heavy atom. The Morgan fingerprint density at radius 2 is 2.36 bits per heavy atom. The maximum absolute atomic E-state index is 11.3. The summed E-state index contributed by atoms with van der Waals surface area (Å²) in [6.45, 7) is 4.70. The van der Waals surface area contributed by atoms with Gasteiger partial charge in [-0.1, -0.05) is 11.6 Å². The number of piperazine rings is 1. The smallest absolute Gasteiger partial charge is 0.298 e. The molecule has 1 amide bonds. The zero-order chi connectivity index (χ0) is 17.6. The number of carbonyl (C=O) groups is 1. The van der Waals surface area contributed by atoms with Crippen LogP contribution < -0.4 is 16.0 Å². The molecule has 3 N–H and O–H groups in total. The molecule has 0 bridgehead atoms. The summed E-state index contributed by atoms with van der Waals surface area (Å²) in [5.41, 5.74) is 7.30. The molecule has 7 nitrogen and oxygen atoms in total. The van der Waals surface area contributed by atoms with E-state index in [1.165, 1.54) is 17.5 Å². The van der Waals surface area contributed by atoms with E-state index in [2.05, 4.69) is 27.1 Å². The quantitative estimate of drug-likeness (QED) is 0.727. The Morgan fingerprint density at radius 3 is 3.08 bits per heavy atom. The monoisotopic (exact) mass is 377 g/mol. The van der Waals surface area contributed by atoms with Crippen LogP contribution in [0.1, 0.15) is 16.6 Å². The number of anilines is 1. The number of rotatable bonds is 3. The number of halogens is 1. The normalized spacial score (nSPS) is 18.0. The Hall–Kier alpha value is -2.16. The standard InChI is InChI=1S/C16H16ClN5O2S/c1-8-6-19-2-3-22(8)16-21-11-5-9(17)4-10(13(11)24-16)15-20-7-12(25-15)14(18)23/h4-5,7-8,19H,2-3,6H2,1H3,(H2,18,23). The molecule has 3 aromatic rings. The lowest BCUT2D eigenvalue weighted by Gasteiger charge is -2.32. The Balaban J connectivity index is 1.82. The molecular formula is C16H16ClN5O2S. The van der Waals surface area contributed by atoms with Gasteiger partial charge in [0.1, 0.15) is 15.4 Å². The highest BCUT2D eigenvalue weighted by atomic mass is 35.5. The van der Waals surface area contributed by atoms with Gasteiger partial charge in [0.25, 0.3) is 11.9 Å². The van der Waals surface area contributed by atoms with Crippen LogP contribution in [0.25, 0.3) is 21.7 Å². The van der Waals surface area contributed by atoms with Crippen LogP contribution in [0.15, 0.2) is 22.7 Å². The number of nitrogens with one attached hydrogen (secondary N) is 1. The van der Waals surface area contributed by atoms with Gasteiger partial charge in [0.2, 0.25) is 0 Å². The number of benzene rings is 1. The number of aromatic nitrogens is 2. The molecule has 1 unspecified atom stereocenters. The van der Waals surface area contributed by atoms with Crippen LogP contribution in [0.2, 0.25) is 5.02 Å². The van der Waals surface area contributed by atoms with E-state index in [0.29, 0.717) is 37.6 Å². The summed E-state index contributed by atoms with van der Waals surface area (Å²) in [4.78, 5) is 22.7. The van der Waals surface area contributed by atoms with E-state index < -0.39 is 5.91 Å². The van der Waals surface area contributed by atoms with E-state index in [0.717, 1.165) is 19.6 Å². The molecule has 0 radical (unpaired) electrons. The van der Waals surface area contributed by atoms with Gasteiger partial charge in [-0.05, 0) is 19.1 Å². The molecule has 1 aliphatic heterocycles. The zero-order valence-electron chi connectivity index (χ0n) is 13.5. The summed E-state index contributed by atoms with van der Waals surface area (Å²) in [6, 6.07) is 4.38. The lowest BCUT2D eigenvalue weighted by molar-refractivity contribution is 0.100. The van der Waals surface area contributed by atoms with E-state index >= 15 is 0 Å². The number of amides is 1. The molecule has 130 valence electrons. The molecule has 4 rings (SSSR count). The second-order valence-electron chi connectivity index (χ2n) is 5.94. The second kappa shape index (κ2) is 6.29. The maximum Gasteiger partial charge on any atom is 0.298 e. The number of hydrogen-bond donors (Lipinski definition) is 2. The Kier molecular flexibility index (Phi) is 4.10. The van der Waals surface area contributed by atoms with Crippen LogP contribution in [0, 0.1) is 0 Å². The van der Waals surface area contributed by atoms with E-state index in [1.54, 1.807) is 12.1 Å². The van der Waals surface area contributed by atoms with Gasteiger partial charge in [0, 0.05) is 30.7 Å². The average molecular weight is 378 g/mol. The fourth-order valence-electron chi connectivity index (χ4n) is 2.91. The summed E-state index contributed by atoms with van der Waals surface area (Å²) in [5.74, 6) is -0.505. The molecule has 1 saturated heterocycles. The summed E-state index contributed by atoms with van der Waals surface area (Å²) in [6.07, 6.45) is 1.46. The van der Waals surface area contributed by atoms with Crippen molar-refractivity contribution in [1.29, 1.82) is 0 Å². The minimum atomic E-state index is -0.505. The molecule has 9 heteroatoms. The first-order valence-corrected chi connectivity index (χ1v) is 9.06. The lowest BCUT2D eigenvalue weighted by atomic mass is 10.2. The molecule has 0 aliphatic carbocycles. The molecule has 1 atom stereocenters. The molecule has 1 fully saturated rings. The van der Waals surface area contributed by atoms with Crippen molar-refractivity contribution in [3.8, 4) is 10.6 Å². The molecule has 25 heavy (non-hydrogen) atoms. The summed E-state index contributed by atoms with van der Waals surface area (Å²) in [7, 11) is 0. The highest BCUT2D eigenvalue weighted by Crippen LogP contribution is 2.36. The van der Waals surface area contributed by atoms with E-state index in [9.17, 15) is 4.79 Å². The SMILES string of the molecule is CC1CNCCN1c1nc2cc(Cl)cc(-c3ncc(C(N)=O)s3)c2o1. The van der Waals surface area contributed by atoms with Gasteiger partial charge in [-0.3, -0.25) is 4.79 Å². The van der Waals surface area contributed by atoms with E-state index in [-0.39, 0.29) is 6.04 Å². The van der Waals surface area contributed by atoms with Crippen LogP contribution in [0.3, 0.4) is 0 Å². The molecule has 1 aromatic carbocycles. The molecular weight excluding hydrogens is 362 g/mol. The fraction of sp³-hybridized carbons (Fsp3) is 0.312. The largest absolute Gasteiger partial charge is 0.423 e. The van der Waals surface area contributed by atoms with Gasteiger partial charge in [-0.2, -0.15) is 4.98 Å². The highest BCUT2D eigenvalue weighted by molar-refractivity contribution is 7.17. The summed E-state index contributed by atoms with van der Waals surface area (Å²) >= 11 is 7.45. The molecule has 1 aliphatic rings. The number of hydrogen-bond acceptors (Lipinski definition) is 7. The maximum atomic E-state index is 11.3. The van der Waals surface area contributed by atoms with Crippen molar-refractivity contribution in [3.63, 3.8) is 0 Å². The summed E-state index contributed by atoms with van der Waals surface area (Å²) < 4.78 is 6.07. The first-order valence-electron chi connectivity index (χ1n) is 7.86. The Labute approximate surface area is 152 Å². The number of fused-ring (bicyclic) bond motifs is 1. The first kappa shape index (κ1) is 16.3. The molecule has 0 saturated carbocycles. The van der Waals surface area contributed by atoms with Crippen molar-refractivity contribution in [2.24, 2.45) is 5.73 Å². The molecule has 3 heterocycles. The van der Waals surface area contributed by atoms with Gasteiger partial charge in [-0.25, -0.2) is 4.98 Å². The minimum absolute atomic E-state index is 0.280. The van der Waals surface area contributed by atoms with Gasteiger partial charge >= 0.3 is 0 Å². The van der Waals surface area contributed by atoms with E-state index in [4.69, 9.17) is 21.8 Å². The van der Waals surface area contributed by atoms with Gasteiger partial charge in [0.05, 0.1) is 11.8 Å². The second-order valence-corrected chi connectivity index (χ2v) is 7.41. The van der Waals surface area contributed by atoms with Gasteiger partial charge in [-0.15, -0.1) is 11.3 Å². The third-order valence-corrected chi connectivity index (χ3v) is 5.43. The van der Waals surface area contributed by atoms with Crippen molar-refractivity contribution in [1.82, 2.24) is 15.3 Å². The number of thiazole rings is 1. The number of carbonyl (C=O) groups excluding carboxylic acids is 1. The van der Waals surface area contributed by atoms with E-state index in [1.807, 2.05) is 0 Å². The first-order chi connectivity index (χ1) is 12.0. The molecule has 2 aromatic heterocycles. The lowest BCUT2D eigenvalue weighted by Crippen LogP contribution is -2.50. The average Bonchev–Trinajstić information content (AvgIpc) is 3.21. The van der Waals surface area contributed by atoms with Crippen molar-refractivity contribution in [2.45, 2.75) is 13.0 Å². The van der Waals surface area contributed by atoms with Crippen molar-refractivity contribution in [2.75, 3.05) is 24.5 Å². The van der Waals surface area contributed by atoms with Gasteiger partial charge in [0.15, 0.2) is 5.58 Å². The zero-order valence-corrected chi connectivity index (χ0v) is 15.0. The number of oxazole rings is 1.